The molecule has 46 heteroatoms. The molecule has 1 aromatic heterocycles. The maximum absolute atomic E-state index is 14.1. The predicted octanol–water partition coefficient (Wildman–Crippen LogP) is -6.37. The lowest BCUT2D eigenvalue weighted by atomic mass is 9.79. The van der Waals surface area contributed by atoms with Crippen LogP contribution in [0.25, 0.3) is 0 Å². The van der Waals surface area contributed by atoms with Crippen LogP contribution in [0.3, 0.4) is 0 Å². The molecule has 0 unspecified atom stereocenters. The number of hydrogen-bond donors (Lipinski definition) is 20. The lowest BCUT2D eigenvalue weighted by Gasteiger charge is -2.46. The molecular formula is C74H94N10O35S. The van der Waals surface area contributed by atoms with Crippen LogP contribution in [0, 0.1) is 11.8 Å². The van der Waals surface area contributed by atoms with Crippen LogP contribution in [0.4, 0.5) is 0 Å². The number of thioether (sulfide) groups is 1. The van der Waals surface area contributed by atoms with Crippen molar-refractivity contribution in [1.29, 1.82) is 0 Å². The van der Waals surface area contributed by atoms with Crippen LogP contribution in [0.15, 0.2) is 53.2 Å². The number of phenols is 6. The lowest BCUT2D eigenvalue weighted by Crippen LogP contribution is -2.63. The van der Waals surface area contributed by atoms with Gasteiger partial charge in [-0.3, -0.25) is 33.6 Å². The second-order valence-electron chi connectivity index (χ2n) is 29.2. The second kappa shape index (κ2) is 40.1. The first-order chi connectivity index (χ1) is 57.0. The highest BCUT2D eigenvalue weighted by Gasteiger charge is 2.61. The Morgan fingerprint density at radius 3 is 1.56 bits per heavy atom. The highest BCUT2D eigenvalue weighted by molar-refractivity contribution is 8.03. The fraction of sp³-hybridized carbons (Fsp3) is 0.554. The number of carbonyl (C=O) groups is 11. The van der Waals surface area contributed by atoms with Crippen molar-refractivity contribution in [3.63, 3.8) is 0 Å². The number of aliphatic hydroxyl groups excluding tert-OH is 9. The zero-order valence-electron chi connectivity index (χ0n) is 64.7. The van der Waals surface area contributed by atoms with E-state index in [1.54, 1.807) is 25.0 Å². The van der Waals surface area contributed by atoms with Gasteiger partial charge in [0.2, 0.25) is 17.7 Å². The Kier molecular flexibility index (Phi) is 30.6. The fourth-order valence-corrected chi connectivity index (χ4v) is 15.9. The number of benzene rings is 3. The Labute approximate surface area is 684 Å². The highest BCUT2D eigenvalue weighted by atomic mass is 32.2. The third-order valence-corrected chi connectivity index (χ3v) is 22.3. The number of amides is 7. The quantitative estimate of drug-likeness (QED) is 0.00711. The Balaban J connectivity index is 0.700. The number of cyclic esters (lactones) is 3. The van der Waals surface area contributed by atoms with Gasteiger partial charge in [0, 0.05) is 61.4 Å². The first-order valence-corrected chi connectivity index (χ1v) is 38.6. The smallest absolute Gasteiger partial charge is 0.353 e. The van der Waals surface area contributed by atoms with Gasteiger partial charge in [0.25, 0.3) is 23.6 Å². The summed E-state index contributed by atoms with van der Waals surface area (Å²) >= 11 is 1.25. The van der Waals surface area contributed by atoms with Crippen LogP contribution >= 0.6 is 11.8 Å². The van der Waals surface area contributed by atoms with Crippen LogP contribution in [0.5, 0.6) is 34.5 Å². The number of ether oxygens (including phenoxy) is 8. The third-order valence-electron chi connectivity index (χ3n) is 20.8. The van der Waals surface area contributed by atoms with Crippen LogP contribution in [0.1, 0.15) is 104 Å². The number of carbonyl (C=O) groups excluding carboxylic acids is 10. The molecule has 656 valence electrons. The molecule has 7 amide bonds. The number of nitrogens with one attached hydrogen (secondary N) is 4. The first-order valence-electron chi connectivity index (χ1n) is 37.7. The van der Waals surface area contributed by atoms with Crippen molar-refractivity contribution in [3.8, 4) is 34.5 Å². The van der Waals surface area contributed by atoms with E-state index in [0.717, 1.165) is 36.4 Å². The third kappa shape index (κ3) is 20.7. The maximum Gasteiger partial charge on any atom is 0.353 e. The van der Waals surface area contributed by atoms with E-state index in [1.807, 2.05) is 6.92 Å². The molecule has 5 fully saturated rings. The van der Waals surface area contributed by atoms with Gasteiger partial charge in [0.1, 0.15) is 92.6 Å². The minimum atomic E-state index is -2.26. The van der Waals surface area contributed by atoms with E-state index < -0.39 is 246 Å². The monoisotopic (exact) mass is 1710 g/mol. The summed E-state index contributed by atoms with van der Waals surface area (Å²) in [6, 6.07) is -3.42. The van der Waals surface area contributed by atoms with Gasteiger partial charge >= 0.3 is 23.9 Å². The average Bonchev–Trinajstić information content (AvgIpc) is 1.55. The summed E-state index contributed by atoms with van der Waals surface area (Å²) in [5.41, 5.74) is -3.47. The number of carboxylic acids is 1. The van der Waals surface area contributed by atoms with Gasteiger partial charge in [-0.1, -0.05) is 12.1 Å². The van der Waals surface area contributed by atoms with Crippen LogP contribution in [0.2, 0.25) is 0 Å². The normalized spacial score (nSPS) is 27.3. The van der Waals surface area contributed by atoms with Crippen LogP contribution in [-0.2, 0) is 84.4 Å². The number of fused-ring (bicyclic) bond motifs is 1. The molecule has 0 spiro atoms. The summed E-state index contributed by atoms with van der Waals surface area (Å²) in [6.45, 7) is -1.49. The molecule has 6 aliphatic rings. The number of phenolic OH excluding ortho intramolecular Hbond substituents is 6. The zero-order chi connectivity index (χ0) is 87.6. The summed E-state index contributed by atoms with van der Waals surface area (Å²) < 4.78 is 45.2. The molecule has 0 saturated carbocycles. The van der Waals surface area contributed by atoms with Crippen molar-refractivity contribution in [2.75, 3.05) is 99.9 Å². The molecule has 3 aromatic carbocycles. The summed E-state index contributed by atoms with van der Waals surface area (Å²) in [7, 11) is 3.17. The van der Waals surface area contributed by atoms with E-state index in [-0.39, 0.29) is 105 Å². The largest absolute Gasteiger partial charge is 0.504 e. The topological polar surface area (TPSA) is 674 Å². The number of β-lactam (4-membered cyclic amide) rings is 1. The Bertz CT molecular complexity index is 4400. The minimum Gasteiger partial charge on any atom is -0.504 e. The number of aryl methyl sites for hydroxylation is 1. The zero-order valence-corrected chi connectivity index (χ0v) is 65.6. The molecule has 10 rings (SSSR count). The average molecular weight is 1720 g/mol. The molecule has 4 aromatic rings. The van der Waals surface area contributed by atoms with E-state index in [9.17, 15) is 134 Å². The molecule has 5 saturated heterocycles. The highest BCUT2D eigenvalue weighted by Crippen LogP contribution is 2.53. The number of esters is 3. The van der Waals surface area contributed by atoms with Crippen molar-refractivity contribution in [1.82, 2.24) is 51.0 Å². The first kappa shape index (κ1) is 91.6. The van der Waals surface area contributed by atoms with Crippen LogP contribution < -0.4 is 21.3 Å². The van der Waals surface area contributed by atoms with Gasteiger partial charge in [-0.15, -0.1) is 16.9 Å². The van der Waals surface area contributed by atoms with E-state index in [0.29, 0.717) is 30.0 Å². The molecule has 0 bridgehead atoms. The second-order valence-corrected chi connectivity index (χ2v) is 30.5. The van der Waals surface area contributed by atoms with Gasteiger partial charge < -0.3 is 156 Å². The Morgan fingerprint density at radius 2 is 1.09 bits per heavy atom. The van der Waals surface area contributed by atoms with Gasteiger partial charge in [-0.2, -0.15) is 0 Å². The van der Waals surface area contributed by atoms with E-state index >= 15 is 0 Å². The number of likely N-dealkylation sites (tertiary alicyclic amines) is 1. The van der Waals surface area contributed by atoms with Gasteiger partial charge in [-0.25, -0.2) is 23.9 Å². The lowest BCUT2D eigenvalue weighted by molar-refractivity contribution is -0.231. The Hall–Kier alpha value is -10.7. The SMILES string of the molecule is C[C@@H](O)[C@H]1C(=O)N2C(C(=O)O)=C(S[C@H]3C[C@@H](C(=O)N(C)C)N(C(=O)CCCc4cn(CCOCCOCCOCCNC(=O)c5cc(O)c(O)c(C(=O)N[C@H]6COC(=O)[C@@H](NC(=O)c7cc([C@@H]8O[C@H](CO)[C@@H](O)[C@H](O)[C@H]8O)cc(O)c7O)COC(=O)[C@@H](NC(=O)c7cc([C@@H]8O[C@H](CO)[C@@H](O)[C@H](O)[C@H]8O)cc(O)c7O)COC6=O)c5)nn4)C3)[C@H](C)[C@H]12. The number of hydrogen-bond acceptors (Lipinski definition) is 37. The number of aliphatic carboxylic acids is 1. The van der Waals surface area contributed by atoms with Crippen LogP contribution in [-0.4, -0.2) is 367 Å². The molecule has 6 aliphatic heterocycles. The molecular weight excluding hydrogens is 1620 g/mol. The molecule has 45 nitrogen and oxygen atoms in total. The number of nitrogens with zero attached hydrogens (tertiary/aromatic N) is 6. The Morgan fingerprint density at radius 1 is 0.625 bits per heavy atom. The molecule has 0 aliphatic carbocycles. The van der Waals surface area contributed by atoms with Crippen molar-refractivity contribution >= 4 is 77.0 Å². The van der Waals surface area contributed by atoms with Crippen molar-refractivity contribution in [3.05, 3.63) is 92.3 Å². The van der Waals surface area contributed by atoms with Crippen molar-refractivity contribution in [2.45, 2.75) is 149 Å². The predicted molar refractivity (Wildman–Crippen MR) is 399 cm³/mol. The van der Waals surface area contributed by atoms with Gasteiger partial charge in [0.05, 0.1) is 99.8 Å². The molecule has 19 atom stereocenters. The van der Waals surface area contributed by atoms with Gasteiger partial charge in [-0.05, 0) is 73.7 Å². The minimum absolute atomic E-state index is 0.0413. The molecule has 7 heterocycles. The number of aromatic nitrogens is 3. The van der Waals surface area contributed by atoms with Crippen molar-refractivity contribution in [2.24, 2.45) is 11.8 Å². The molecule has 0 radical (unpaired) electrons. The number of aliphatic hydroxyl groups is 9. The standard InChI is InChI=1S/C74H94N10O35S/c1-30-51-50(31(2)87)70(106)84(51)52(71(107)108)64(30)120-36-22-43(69(105)81(3)4)83(24-36)49(91)7-5-6-35-23-82(80-79-35)9-11-113-13-15-114-14-12-112-10-8-75-65(101)34-18-39(55(94)46(90)21-34)68(104)78-42-29-117-73(110)40(76-66(102)37-16-32(19-44(88)53(37)92)62-60(99)58(97)56(95)47(25-85)118-62)27-115-72(109)41(28-116-74(42)111)77-67(103)38-17-33(20-45(89)54(38)93)63-61(100)59(98)57(96)48(26-86)119-63/h16-21,23,30-31,36,40-43,47-48,50-51,56-63,85-90,92-100H,5-15,22,24-29H2,1-4H3,(H,75,101)(H,76,102)(H,77,103)(H,78,104)(H,107,108)/t30-,31-,36+,40+,41+,42+,43+,47-,48-,50-,51-,56-,57-,58+,59+,60-,61-,62+,63+/m1/s1. The number of carboxylic acid groups (broad SMARTS) is 1. The number of likely N-dealkylation sites (N-methyl/N-ethyl adjacent to an activating group) is 1. The van der Waals surface area contributed by atoms with E-state index in [4.69, 9.17) is 37.9 Å². The van der Waals surface area contributed by atoms with E-state index in [2.05, 4.69) is 31.6 Å². The van der Waals surface area contributed by atoms with Crippen molar-refractivity contribution < 1.29 is 172 Å². The van der Waals surface area contributed by atoms with E-state index in [1.165, 1.54) is 33.4 Å². The summed E-state index contributed by atoms with van der Waals surface area (Å²) in [6.07, 6.45) is -16.3. The number of aromatic hydroxyl groups is 6. The maximum atomic E-state index is 14.1. The molecule has 120 heavy (non-hydrogen) atoms. The fourth-order valence-electron chi connectivity index (χ4n) is 14.4. The summed E-state index contributed by atoms with van der Waals surface area (Å²) in [4.78, 5) is 155. The summed E-state index contributed by atoms with van der Waals surface area (Å²) in [5, 5.41) is 185. The molecule has 20 N–H and O–H groups in total. The van der Waals surface area contributed by atoms with Gasteiger partial charge in [0.15, 0.2) is 52.6 Å². The number of rotatable bonds is 32. The summed E-state index contributed by atoms with van der Waals surface area (Å²) in [5.74, 6) is -20.5.